The number of hydrogen-bond donors (Lipinski definition) is 0. The highest BCUT2D eigenvalue weighted by Gasteiger charge is 2.20. The Kier molecular flexibility index (Phi) is 4.87. The Bertz CT molecular complexity index is 1050. The number of benzene rings is 2. The number of rotatable bonds is 2. The number of nitrogens with zero attached hydrogens (tertiary/aromatic N) is 1. The van der Waals surface area contributed by atoms with Crippen LogP contribution in [0.25, 0.3) is 22.4 Å². The molecule has 0 fully saturated rings. The van der Waals surface area contributed by atoms with E-state index in [1.165, 1.54) is 22.3 Å². The van der Waals surface area contributed by atoms with Gasteiger partial charge in [0.1, 0.15) is 8.42 Å². The summed E-state index contributed by atoms with van der Waals surface area (Å²) in [6.45, 7) is 15.6. The number of aromatic nitrogens is 1. The summed E-state index contributed by atoms with van der Waals surface area (Å²) in [5.41, 5.74) is 8.57. The summed E-state index contributed by atoms with van der Waals surface area (Å²) in [4.78, 5) is 0. The third kappa shape index (κ3) is 4.19. The molecule has 1 heteroatoms. The molecule has 0 N–H and O–H groups in total. The van der Waals surface area contributed by atoms with E-state index in [9.17, 15) is 0 Å². The summed E-state index contributed by atoms with van der Waals surface area (Å²) >= 11 is 0. The summed E-state index contributed by atoms with van der Waals surface area (Å²) in [6.07, 6.45) is 0.513. The average Bonchev–Trinajstić information content (AvgIpc) is 2.63. The molecule has 28 heavy (non-hydrogen) atoms. The molecule has 0 bridgehead atoms. The SMILES string of the molecule is [2H]c1cc(-c2cccc(C(C)(C)C)c2)cc(-c2cc(C(C)(C)C)ccc2C)[n+]1C. The maximum Gasteiger partial charge on any atom is 0.213 e. The Morgan fingerprint density at radius 2 is 1.36 bits per heavy atom. The summed E-state index contributed by atoms with van der Waals surface area (Å²) in [5.74, 6) is 0. The van der Waals surface area contributed by atoms with Gasteiger partial charge in [-0.05, 0) is 51.6 Å². The lowest BCUT2D eigenvalue weighted by molar-refractivity contribution is -0.660. The Labute approximate surface area is 172 Å². The fourth-order valence-corrected chi connectivity index (χ4v) is 3.48. The van der Waals surface area contributed by atoms with Crippen LogP contribution in [-0.2, 0) is 17.9 Å². The van der Waals surface area contributed by atoms with Crippen molar-refractivity contribution in [3.63, 3.8) is 0 Å². The van der Waals surface area contributed by atoms with Gasteiger partial charge in [0.25, 0.3) is 0 Å². The average molecular weight is 374 g/mol. The molecule has 0 unspecified atom stereocenters. The molecule has 0 amide bonds. The first-order valence-corrected chi connectivity index (χ1v) is 10.1. The molecule has 0 atom stereocenters. The van der Waals surface area contributed by atoms with Crippen LogP contribution in [0.5, 0.6) is 0 Å². The van der Waals surface area contributed by atoms with Crippen LogP contribution >= 0.6 is 0 Å². The van der Waals surface area contributed by atoms with Gasteiger partial charge in [0.15, 0.2) is 6.17 Å². The lowest BCUT2D eigenvalue weighted by Gasteiger charge is -2.21. The molecule has 0 saturated carbocycles. The molecule has 2 aromatic carbocycles. The van der Waals surface area contributed by atoms with E-state index in [1.54, 1.807) is 0 Å². The fraction of sp³-hybridized carbons (Fsp3) is 0.370. The summed E-state index contributed by atoms with van der Waals surface area (Å²) < 4.78 is 10.6. The van der Waals surface area contributed by atoms with Crippen molar-refractivity contribution < 1.29 is 5.94 Å². The van der Waals surface area contributed by atoms with Crippen molar-refractivity contribution in [1.29, 1.82) is 0 Å². The number of aryl methyl sites for hydroxylation is 1. The molecular weight excluding hydrogens is 338 g/mol. The lowest BCUT2D eigenvalue weighted by atomic mass is 9.84. The molecule has 0 aliphatic rings. The Hall–Kier alpha value is -2.41. The highest BCUT2D eigenvalue weighted by molar-refractivity contribution is 5.71. The quantitative estimate of drug-likeness (QED) is 0.437. The van der Waals surface area contributed by atoms with Gasteiger partial charge in [0, 0.05) is 17.7 Å². The van der Waals surface area contributed by atoms with Crippen molar-refractivity contribution in [2.45, 2.75) is 59.3 Å². The van der Waals surface area contributed by atoms with Gasteiger partial charge in [0.2, 0.25) is 5.69 Å². The van der Waals surface area contributed by atoms with Crippen LogP contribution in [0.3, 0.4) is 0 Å². The van der Waals surface area contributed by atoms with Gasteiger partial charge >= 0.3 is 0 Å². The summed E-state index contributed by atoms with van der Waals surface area (Å²) in [6, 6.07) is 19.6. The van der Waals surface area contributed by atoms with E-state index in [1.807, 2.05) is 17.7 Å². The van der Waals surface area contributed by atoms with E-state index in [0.29, 0.717) is 6.17 Å². The molecule has 1 heterocycles. The fourth-order valence-electron chi connectivity index (χ4n) is 3.48. The molecule has 0 saturated heterocycles. The zero-order chi connectivity index (χ0) is 21.6. The van der Waals surface area contributed by atoms with Crippen molar-refractivity contribution in [2.75, 3.05) is 0 Å². The summed E-state index contributed by atoms with van der Waals surface area (Å²) in [7, 11) is 1.98. The Balaban J connectivity index is 2.21. The molecule has 1 nitrogen and oxygen atoms in total. The molecule has 3 rings (SSSR count). The van der Waals surface area contributed by atoms with Crippen LogP contribution in [0.4, 0.5) is 0 Å². The molecule has 0 spiro atoms. The lowest BCUT2D eigenvalue weighted by Crippen LogP contribution is -2.30. The minimum atomic E-state index is 0.0868. The van der Waals surface area contributed by atoms with Crippen molar-refractivity contribution in [2.24, 2.45) is 7.05 Å². The maximum atomic E-state index is 8.59. The van der Waals surface area contributed by atoms with Gasteiger partial charge in [-0.15, -0.1) is 0 Å². The molecule has 0 aliphatic heterocycles. The highest BCUT2D eigenvalue weighted by atomic mass is 14.9. The molecule has 146 valence electrons. The first-order valence-electron chi connectivity index (χ1n) is 10.6. The second-order valence-corrected chi connectivity index (χ2v) is 9.93. The van der Waals surface area contributed by atoms with Crippen LogP contribution in [0.15, 0.2) is 60.8 Å². The monoisotopic (exact) mass is 373 g/mol. The van der Waals surface area contributed by atoms with E-state index < -0.39 is 0 Å². The predicted molar refractivity (Wildman–Crippen MR) is 121 cm³/mol. The van der Waals surface area contributed by atoms with Gasteiger partial charge in [-0.1, -0.05) is 77.9 Å². The highest BCUT2D eigenvalue weighted by Crippen LogP contribution is 2.32. The maximum absolute atomic E-state index is 8.59. The normalized spacial score (nSPS) is 12.8. The van der Waals surface area contributed by atoms with Crippen molar-refractivity contribution in [3.05, 3.63) is 77.5 Å². The van der Waals surface area contributed by atoms with Crippen LogP contribution in [0.2, 0.25) is 0 Å². The van der Waals surface area contributed by atoms with E-state index in [-0.39, 0.29) is 10.8 Å². The standard InChI is InChI=1S/C27H34N/c1-19-12-13-23(27(5,6)7)18-24(19)25-17-21(14-15-28(25)8)20-10-9-11-22(16-20)26(2,3)4/h9-18H,1-8H3/q+1/i15D. The first kappa shape index (κ1) is 18.9. The smallest absolute Gasteiger partial charge is 0.201 e. The van der Waals surface area contributed by atoms with Crippen LogP contribution < -0.4 is 4.57 Å². The number of pyridine rings is 1. The van der Waals surface area contributed by atoms with E-state index in [0.717, 1.165) is 16.8 Å². The van der Waals surface area contributed by atoms with Crippen LogP contribution in [-0.4, -0.2) is 0 Å². The zero-order valence-electron chi connectivity index (χ0n) is 19.6. The third-order valence-electron chi connectivity index (χ3n) is 5.51. The first-order chi connectivity index (χ1) is 13.4. The van der Waals surface area contributed by atoms with Crippen molar-refractivity contribution in [1.82, 2.24) is 0 Å². The Morgan fingerprint density at radius 3 is 2.00 bits per heavy atom. The van der Waals surface area contributed by atoms with Crippen molar-refractivity contribution in [3.8, 4) is 22.4 Å². The molecule has 1 aromatic heterocycles. The third-order valence-corrected chi connectivity index (χ3v) is 5.51. The largest absolute Gasteiger partial charge is 0.213 e. The van der Waals surface area contributed by atoms with Gasteiger partial charge in [-0.2, -0.15) is 0 Å². The minimum absolute atomic E-state index is 0.0868. The minimum Gasteiger partial charge on any atom is -0.201 e. The predicted octanol–water partition coefficient (Wildman–Crippen LogP) is 6.75. The molecule has 3 aromatic rings. The van der Waals surface area contributed by atoms with E-state index >= 15 is 0 Å². The molecule has 0 aliphatic carbocycles. The van der Waals surface area contributed by atoms with Crippen LogP contribution in [0.1, 0.15) is 59.6 Å². The van der Waals surface area contributed by atoms with Crippen LogP contribution in [0, 0.1) is 6.92 Å². The summed E-state index contributed by atoms with van der Waals surface area (Å²) in [5, 5.41) is 0. The zero-order valence-corrected chi connectivity index (χ0v) is 18.6. The van der Waals surface area contributed by atoms with Crippen molar-refractivity contribution >= 4 is 0 Å². The van der Waals surface area contributed by atoms with Gasteiger partial charge in [-0.3, -0.25) is 0 Å². The Morgan fingerprint density at radius 1 is 0.750 bits per heavy atom. The number of hydrogen-bond acceptors (Lipinski definition) is 0. The second kappa shape index (κ2) is 7.20. The second-order valence-electron chi connectivity index (χ2n) is 9.93. The van der Waals surface area contributed by atoms with Gasteiger partial charge in [0.05, 0.1) is 0 Å². The van der Waals surface area contributed by atoms with E-state index in [4.69, 9.17) is 1.37 Å². The van der Waals surface area contributed by atoms with Gasteiger partial charge in [-0.25, -0.2) is 4.57 Å². The molecular formula is C27H34N+. The molecule has 0 radical (unpaired) electrons. The topological polar surface area (TPSA) is 3.88 Å². The van der Waals surface area contributed by atoms with Gasteiger partial charge < -0.3 is 0 Å². The van der Waals surface area contributed by atoms with E-state index in [2.05, 4.69) is 97.0 Å².